The molecule has 0 unspecified atom stereocenters. The van der Waals surface area contributed by atoms with E-state index in [1.165, 1.54) is 4.90 Å². The third-order valence-corrected chi connectivity index (χ3v) is 5.96. The second kappa shape index (κ2) is 10.3. The molecule has 0 saturated carbocycles. The fourth-order valence-electron chi connectivity index (χ4n) is 3.38. The van der Waals surface area contributed by atoms with Crippen molar-refractivity contribution in [1.29, 1.82) is 0 Å². The topological polar surface area (TPSA) is 15.6 Å². The van der Waals surface area contributed by atoms with Crippen molar-refractivity contribution in [2.24, 2.45) is 5.10 Å². The van der Waals surface area contributed by atoms with Gasteiger partial charge in [-0.25, -0.2) is 0 Å². The first-order valence-electron chi connectivity index (χ1n) is 10.1. The maximum Gasteiger partial charge on any atom is 0.0980 e. The Morgan fingerprint density at radius 2 is 1.29 bits per heavy atom. The number of hydrogen-bond acceptors (Lipinski definition) is 3. The Balaban J connectivity index is 1.85. The molecule has 4 heteroatoms. The van der Waals surface area contributed by atoms with Crippen LogP contribution in [0.1, 0.15) is 16.7 Å². The smallest absolute Gasteiger partial charge is 0.0980 e. The molecule has 4 rings (SSSR count). The van der Waals surface area contributed by atoms with Crippen molar-refractivity contribution < 1.29 is 0 Å². The molecule has 154 valence electrons. The summed E-state index contributed by atoms with van der Waals surface area (Å²) in [5, 5.41) is 8.04. The largest absolute Gasteiger partial charge is 0.259 e. The van der Waals surface area contributed by atoms with Crippen LogP contribution in [0, 0.1) is 0 Å². The molecule has 0 aliphatic rings. The van der Waals surface area contributed by atoms with Crippen molar-refractivity contribution in [2.45, 2.75) is 11.4 Å². The molecule has 31 heavy (non-hydrogen) atoms. The van der Waals surface area contributed by atoms with Gasteiger partial charge < -0.3 is 0 Å². The lowest BCUT2D eigenvalue weighted by molar-refractivity contribution is 0.844. The SMILES string of the molecule is CSc1ccccc1N(Cc1ccc(Cl)cc1)N=C(c1ccccc1)c1ccccc1. The number of nitrogens with zero attached hydrogens (tertiary/aromatic N) is 2. The highest BCUT2D eigenvalue weighted by atomic mass is 35.5. The Hall–Kier alpha value is -3.01. The number of hydrogen-bond donors (Lipinski definition) is 0. The summed E-state index contributed by atoms with van der Waals surface area (Å²) in [5.41, 5.74) is 5.32. The molecule has 0 spiro atoms. The summed E-state index contributed by atoms with van der Waals surface area (Å²) < 4.78 is 0. The highest BCUT2D eigenvalue weighted by Crippen LogP contribution is 2.30. The summed E-state index contributed by atoms with van der Waals surface area (Å²) >= 11 is 7.84. The van der Waals surface area contributed by atoms with Crippen molar-refractivity contribution in [2.75, 3.05) is 11.3 Å². The Morgan fingerprint density at radius 1 is 0.742 bits per heavy atom. The van der Waals surface area contributed by atoms with Gasteiger partial charge in [-0.3, -0.25) is 5.01 Å². The number of thioether (sulfide) groups is 1. The van der Waals surface area contributed by atoms with Gasteiger partial charge in [0, 0.05) is 21.0 Å². The second-order valence-corrected chi connectivity index (χ2v) is 8.32. The van der Waals surface area contributed by atoms with E-state index >= 15 is 0 Å². The Kier molecular flexibility index (Phi) is 7.08. The summed E-state index contributed by atoms with van der Waals surface area (Å²) in [5.74, 6) is 0. The zero-order chi connectivity index (χ0) is 21.5. The van der Waals surface area contributed by atoms with Crippen LogP contribution in [0.2, 0.25) is 5.02 Å². The van der Waals surface area contributed by atoms with Crippen LogP contribution in [0.5, 0.6) is 0 Å². The van der Waals surface area contributed by atoms with Crippen LogP contribution in [0.3, 0.4) is 0 Å². The van der Waals surface area contributed by atoms with E-state index in [4.69, 9.17) is 16.7 Å². The maximum absolute atomic E-state index is 6.11. The quantitative estimate of drug-likeness (QED) is 0.167. The van der Waals surface area contributed by atoms with Gasteiger partial charge in [0.1, 0.15) is 0 Å². The van der Waals surface area contributed by atoms with Crippen LogP contribution in [0.15, 0.2) is 119 Å². The monoisotopic (exact) mass is 442 g/mol. The highest BCUT2D eigenvalue weighted by Gasteiger charge is 2.15. The number of benzene rings is 4. The Labute approximate surface area is 193 Å². The number of para-hydroxylation sites is 1. The fraction of sp³-hybridized carbons (Fsp3) is 0.0741. The van der Waals surface area contributed by atoms with Crippen molar-refractivity contribution in [1.82, 2.24) is 0 Å². The zero-order valence-corrected chi connectivity index (χ0v) is 18.9. The normalized spacial score (nSPS) is 10.5. The van der Waals surface area contributed by atoms with E-state index in [-0.39, 0.29) is 0 Å². The molecule has 0 N–H and O–H groups in total. The van der Waals surface area contributed by atoms with Gasteiger partial charge in [0.2, 0.25) is 0 Å². The zero-order valence-electron chi connectivity index (χ0n) is 17.3. The van der Waals surface area contributed by atoms with Crippen molar-refractivity contribution in [3.05, 3.63) is 131 Å². The van der Waals surface area contributed by atoms with Gasteiger partial charge in [0.25, 0.3) is 0 Å². The van der Waals surface area contributed by atoms with Crippen molar-refractivity contribution in [3.8, 4) is 0 Å². The third-order valence-electron chi connectivity index (χ3n) is 4.92. The molecule has 0 aliphatic carbocycles. The third kappa shape index (κ3) is 5.38. The van der Waals surface area contributed by atoms with E-state index < -0.39 is 0 Å². The molecule has 0 aromatic heterocycles. The van der Waals surface area contributed by atoms with Gasteiger partial charge in [0.15, 0.2) is 0 Å². The predicted molar refractivity (Wildman–Crippen MR) is 134 cm³/mol. The van der Waals surface area contributed by atoms with E-state index in [9.17, 15) is 0 Å². The first-order valence-corrected chi connectivity index (χ1v) is 11.7. The predicted octanol–water partition coefficient (Wildman–Crippen LogP) is 7.52. The molecule has 2 nitrogen and oxygen atoms in total. The Bertz CT molecular complexity index is 1100. The summed E-state index contributed by atoms with van der Waals surface area (Å²) in [7, 11) is 0. The molecule has 0 atom stereocenters. The summed E-state index contributed by atoms with van der Waals surface area (Å²) in [6, 6.07) is 37.0. The lowest BCUT2D eigenvalue weighted by Gasteiger charge is -2.24. The molecule has 0 aliphatic heterocycles. The molecule has 0 amide bonds. The van der Waals surface area contributed by atoms with E-state index in [1.807, 2.05) is 48.5 Å². The van der Waals surface area contributed by atoms with E-state index in [2.05, 4.69) is 71.9 Å². The van der Waals surface area contributed by atoms with Crippen LogP contribution < -0.4 is 5.01 Å². The minimum atomic E-state index is 0.637. The number of rotatable bonds is 7. The van der Waals surface area contributed by atoms with Gasteiger partial charge >= 0.3 is 0 Å². The van der Waals surface area contributed by atoms with Crippen molar-refractivity contribution >= 4 is 34.8 Å². The average Bonchev–Trinajstić information content (AvgIpc) is 2.84. The molecule has 0 fully saturated rings. The van der Waals surface area contributed by atoms with Crippen molar-refractivity contribution in [3.63, 3.8) is 0 Å². The summed E-state index contributed by atoms with van der Waals surface area (Å²) in [6.45, 7) is 0.637. The van der Waals surface area contributed by atoms with E-state index in [1.54, 1.807) is 11.8 Å². The molecule has 4 aromatic carbocycles. The minimum Gasteiger partial charge on any atom is -0.259 e. The summed E-state index contributed by atoms with van der Waals surface area (Å²) in [4.78, 5) is 1.18. The van der Waals surface area contributed by atoms with Gasteiger partial charge in [0.05, 0.1) is 17.9 Å². The standard InChI is InChI=1S/C27H23ClN2S/c1-31-26-15-9-8-14-25(26)30(20-21-16-18-24(28)19-17-21)29-27(22-10-4-2-5-11-22)23-12-6-3-7-13-23/h2-19H,20H2,1H3. The number of hydrazone groups is 1. The molecule has 0 radical (unpaired) electrons. The molecular weight excluding hydrogens is 420 g/mol. The van der Waals surface area contributed by atoms with Crippen LogP contribution in [0.4, 0.5) is 5.69 Å². The molecule has 0 saturated heterocycles. The van der Waals surface area contributed by atoms with Gasteiger partial charge in [-0.15, -0.1) is 11.8 Å². The van der Waals surface area contributed by atoms with Crippen LogP contribution in [0.25, 0.3) is 0 Å². The first-order chi connectivity index (χ1) is 15.2. The minimum absolute atomic E-state index is 0.637. The maximum atomic E-state index is 6.11. The summed E-state index contributed by atoms with van der Waals surface area (Å²) in [6.07, 6.45) is 2.10. The average molecular weight is 443 g/mol. The fourth-order valence-corrected chi connectivity index (χ4v) is 4.10. The molecule has 0 bridgehead atoms. The van der Waals surface area contributed by atoms with Crippen LogP contribution in [-0.2, 0) is 6.54 Å². The Morgan fingerprint density at radius 3 is 1.87 bits per heavy atom. The lowest BCUT2D eigenvalue weighted by Crippen LogP contribution is -2.20. The second-order valence-electron chi connectivity index (χ2n) is 7.04. The number of halogens is 1. The van der Waals surface area contributed by atoms with Gasteiger partial charge in [-0.1, -0.05) is 96.5 Å². The molecule has 0 heterocycles. The lowest BCUT2D eigenvalue weighted by atomic mass is 10.0. The van der Waals surface area contributed by atoms with Crippen LogP contribution >= 0.6 is 23.4 Å². The van der Waals surface area contributed by atoms with E-state index in [0.29, 0.717) is 6.54 Å². The van der Waals surface area contributed by atoms with Gasteiger partial charge in [-0.05, 0) is 36.1 Å². The van der Waals surface area contributed by atoms with Crippen LogP contribution in [-0.4, -0.2) is 12.0 Å². The van der Waals surface area contributed by atoms with Gasteiger partial charge in [-0.2, -0.15) is 5.10 Å². The molecular formula is C27H23ClN2S. The molecule has 4 aromatic rings. The number of anilines is 1. The van der Waals surface area contributed by atoms with E-state index in [0.717, 1.165) is 33.1 Å². The highest BCUT2D eigenvalue weighted by molar-refractivity contribution is 7.98. The first kappa shape index (κ1) is 21.2.